The molecular weight excluding hydrogens is 254 g/mol. The van der Waals surface area contributed by atoms with Crippen molar-refractivity contribution in [3.8, 4) is 5.75 Å². The van der Waals surface area contributed by atoms with Crippen molar-refractivity contribution >= 4 is 5.91 Å². The van der Waals surface area contributed by atoms with Crippen LogP contribution in [-0.4, -0.2) is 44.2 Å². The molecule has 1 fully saturated rings. The zero-order valence-electron chi connectivity index (χ0n) is 12.1. The molecule has 1 aromatic rings. The number of hydrogen-bond donors (Lipinski definition) is 0. The van der Waals surface area contributed by atoms with E-state index in [9.17, 15) is 4.79 Å². The van der Waals surface area contributed by atoms with E-state index in [1.807, 2.05) is 35.2 Å². The van der Waals surface area contributed by atoms with Crippen molar-refractivity contribution in [3.05, 3.63) is 30.3 Å². The average molecular weight is 277 g/mol. The largest absolute Gasteiger partial charge is 0.484 e. The number of nitrogens with zero attached hydrogens (tertiary/aromatic N) is 1. The predicted octanol–water partition coefficient (Wildman–Crippen LogP) is 2.34. The Morgan fingerprint density at radius 2 is 1.95 bits per heavy atom. The second-order valence-corrected chi connectivity index (χ2v) is 5.21. The fraction of sp³-hybridized carbons (Fsp3) is 0.562. The Labute approximate surface area is 120 Å². The maximum absolute atomic E-state index is 12.1. The van der Waals surface area contributed by atoms with Crippen LogP contribution in [0.25, 0.3) is 0 Å². The molecule has 0 aromatic heterocycles. The lowest BCUT2D eigenvalue weighted by Gasteiger charge is -2.31. The Morgan fingerprint density at radius 3 is 2.60 bits per heavy atom. The van der Waals surface area contributed by atoms with E-state index in [-0.39, 0.29) is 12.5 Å². The number of para-hydroxylation sites is 1. The van der Waals surface area contributed by atoms with Crippen LogP contribution in [0.15, 0.2) is 30.3 Å². The second-order valence-electron chi connectivity index (χ2n) is 5.21. The lowest BCUT2D eigenvalue weighted by atomic mass is 9.94. The highest BCUT2D eigenvalue weighted by atomic mass is 16.5. The van der Waals surface area contributed by atoms with E-state index < -0.39 is 0 Å². The highest BCUT2D eigenvalue weighted by Crippen LogP contribution is 2.20. The topological polar surface area (TPSA) is 38.8 Å². The first-order chi connectivity index (χ1) is 9.79. The molecular formula is C16H23NO3. The van der Waals surface area contributed by atoms with Crippen LogP contribution in [0.3, 0.4) is 0 Å². The summed E-state index contributed by atoms with van der Waals surface area (Å²) in [6.45, 7) is 2.62. The average Bonchev–Trinajstić information content (AvgIpc) is 2.52. The molecule has 0 bridgehead atoms. The van der Waals surface area contributed by atoms with Crippen molar-refractivity contribution in [1.82, 2.24) is 4.90 Å². The van der Waals surface area contributed by atoms with Gasteiger partial charge in [0.05, 0.1) is 0 Å². The van der Waals surface area contributed by atoms with Crippen LogP contribution in [-0.2, 0) is 9.53 Å². The maximum atomic E-state index is 12.1. The van der Waals surface area contributed by atoms with E-state index in [4.69, 9.17) is 9.47 Å². The predicted molar refractivity (Wildman–Crippen MR) is 77.7 cm³/mol. The Bertz CT molecular complexity index is 399. The van der Waals surface area contributed by atoms with Gasteiger partial charge in [-0.2, -0.15) is 0 Å². The third kappa shape index (κ3) is 4.53. The summed E-state index contributed by atoms with van der Waals surface area (Å²) in [5, 5.41) is 0. The summed E-state index contributed by atoms with van der Waals surface area (Å²) >= 11 is 0. The van der Waals surface area contributed by atoms with Gasteiger partial charge in [-0.1, -0.05) is 18.2 Å². The van der Waals surface area contributed by atoms with Gasteiger partial charge in [-0.25, -0.2) is 0 Å². The molecule has 0 radical (unpaired) electrons. The van der Waals surface area contributed by atoms with E-state index in [1.54, 1.807) is 7.11 Å². The molecule has 1 aliphatic heterocycles. The smallest absolute Gasteiger partial charge is 0.260 e. The molecule has 4 nitrogen and oxygen atoms in total. The summed E-state index contributed by atoms with van der Waals surface area (Å²) in [5.74, 6) is 1.52. The number of hydrogen-bond acceptors (Lipinski definition) is 3. The first-order valence-corrected chi connectivity index (χ1v) is 7.24. The molecule has 0 N–H and O–H groups in total. The summed E-state index contributed by atoms with van der Waals surface area (Å²) in [5.41, 5.74) is 0. The summed E-state index contributed by atoms with van der Waals surface area (Å²) in [7, 11) is 1.74. The summed E-state index contributed by atoms with van der Waals surface area (Å²) in [6.07, 6.45) is 3.24. The Kier molecular flexibility index (Phi) is 5.87. The van der Waals surface area contributed by atoms with Gasteiger partial charge in [0.1, 0.15) is 5.75 Å². The quantitative estimate of drug-likeness (QED) is 0.801. The minimum Gasteiger partial charge on any atom is -0.484 e. The van der Waals surface area contributed by atoms with Crippen molar-refractivity contribution in [2.45, 2.75) is 19.3 Å². The third-order valence-electron chi connectivity index (χ3n) is 3.80. The number of likely N-dealkylation sites (tertiary alicyclic amines) is 1. The molecule has 0 atom stereocenters. The normalized spacial score (nSPS) is 16.1. The van der Waals surface area contributed by atoms with Gasteiger partial charge in [-0.15, -0.1) is 0 Å². The van der Waals surface area contributed by atoms with Gasteiger partial charge in [0, 0.05) is 26.8 Å². The zero-order chi connectivity index (χ0) is 14.2. The molecule has 0 aliphatic carbocycles. The van der Waals surface area contributed by atoms with Crippen molar-refractivity contribution in [3.63, 3.8) is 0 Å². The Balaban J connectivity index is 1.69. The SMILES string of the molecule is COCCC1CCN(C(=O)COc2ccccc2)CC1. The van der Waals surface area contributed by atoms with Crippen molar-refractivity contribution in [1.29, 1.82) is 0 Å². The highest BCUT2D eigenvalue weighted by molar-refractivity contribution is 5.77. The van der Waals surface area contributed by atoms with Gasteiger partial charge in [0.2, 0.25) is 0 Å². The number of amides is 1. The molecule has 110 valence electrons. The first-order valence-electron chi connectivity index (χ1n) is 7.24. The van der Waals surface area contributed by atoms with Crippen molar-refractivity contribution in [2.75, 3.05) is 33.4 Å². The lowest BCUT2D eigenvalue weighted by Crippen LogP contribution is -2.41. The number of methoxy groups -OCH3 is 1. The molecule has 1 saturated heterocycles. The van der Waals surface area contributed by atoms with Gasteiger partial charge in [0.15, 0.2) is 6.61 Å². The lowest BCUT2D eigenvalue weighted by molar-refractivity contribution is -0.134. The third-order valence-corrected chi connectivity index (χ3v) is 3.80. The van der Waals surface area contributed by atoms with Crippen LogP contribution in [0.1, 0.15) is 19.3 Å². The Morgan fingerprint density at radius 1 is 1.25 bits per heavy atom. The van der Waals surface area contributed by atoms with Crippen molar-refractivity contribution in [2.24, 2.45) is 5.92 Å². The minimum absolute atomic E-state index is 0.0824. The molecule has 1 heterocycles. The molecule has 20 heavy (non-hydrogen) atoms. The summed E-state index contributed by atoms with van der Waals surface area (Å²) in [6, 6.07) is 9.47. The van der Waals surface area contributed by atoms with Crippen LogP contribution in [0.2, 0.25) is 0 Å². The fourth-order valence-electron chi connectivity index (χ4n) is 2.51. The van der Waals surface area contributed by atoms with Crippen LogP contribution in [0, 0.1) is 5.92 Å². The van der Waals surface area contributed by atoms with E-state index in [0.717, 1.165) is 44.7 Å². The highest BCUT2D eigenvalue weighted by Gasteiger charge is 2.22. The van der Waals surface area contributed by atoms with Crippen LogP contribution in [0.5, 0.6) is 5.75 Å². The van der Waals surface area contributed by atoms with E-state index in [0.29, 0.717) is 5.92 Å². The number of piperidine rings is 1. The number of rotatable bonds is 6. The van der Waals surface area contributed by atoms with Gasteiger partial charge in [-0.3, -0.25) is 4.79 Å². The molecule has 1 aliphatic rings. The van der Waals surface area contributed by atoms with Gasteiger partial charge < -0.3 is 14.4 Å². The molecule has 2 rings (SSSR count). The van der Waals surface area contributed by atoms with E-state index in [1.165, 1.54) is 0 Å². The summed E-state index contributed by atoms with van der Waals surface area (Å²) < 4.78 is 10.6. The van der Waals surface area contributed by atoms with Crippen LogP contribution < -0.4 is 4.74 Å². The minimum atomic E-state index is 0.0824. The van der Waals surface area contributed by atoms with Gasteiger partial charge in [0.25, 0.3) is 5.91 Å². The molecule has 1 aromatic carbocycles. The number of ether oxygens (including phenoxy) is 2. The summed E-state index contributed by atoms with van der Waals surface area (Å²) in [4.78, 5) is 14.0. The fourth-order valence-corrected chi connectivity index (χ4v) is 2.51. The van der Waals surface area contributed by atoms with Gasteiger partial charge >= 0.3 is 0 Å². The second kappa shape index (κ2) is 7.90. The van der Waals surface area contributed by atoms with E-state index >= 15 is 0 Å². The van der Waals surface area contributed by atoms with Crippen molar-refractivity contribution < 1.29 is 14.3 Å². The maximum Gasteiger partial charge on any atom is 0.260 e. The van der Waals surface area contributed by atoms with Crippen LogP contribution >= 0.6 is 0 Å². The molecule has 0 unspecified atom stereocenters. The van der Waals surface area contributed by atoms with Gasteiger partial charge in [-0.05, 0) is 37.3 Å². The molecule has 4 heteroatoms. The first kappa shape index (κ1) is 14.9. The molecule has 1 amide bonds. The number of carbonyl (C=O) groups excluding carboxylic acids is 1. The molecule has 0 spiro atoms. The number of carbonyl (C=O) groups is 1. The zero-order valence-corrected chi connectivity index (χ0v) is 12.1. The van der Waals surface area contributed by atoms with Crippen LogP contribution in [0.4, 0.5) is 0 Å². The Hall–Kier alpha value is -1.55. The standard InChI is InChI=1S/C16H23NO3/c1-19-12-9-14-7-10-17(11-8-14)16(18)13-20-15-5-3-2-4-6-15/h2-6,14H,7-13H2,1H3. The molecule has 0 saturated carbocycles. The number of benzene rings is 1. The monoisotopic (exact) mass is 277 g/mol. The van der Waals surface area contributed by atoms with E-state index in [2.05, 4.69) is 0 Å².